The van der Waals surface area contributed by atoms with Crippen molar-refractivity contribution in [3.63, 3.8) is 0 Å². The summed E-state index contributed by atoms with van der Waals surface area (Å²) in [7, 11) is 0. The summed E-state index contributed by atoms with van der Waals surface area (Å²) < 4.78 is 12.8. The summed E-state index contributed by atoms with van der Waals surface area (Å²) in [6, 6.07) is 5.81. The first-order valence-electron chi connectivity index (χ1n) is 8.07. The highest BCUT2D eigenvalue weighted by molar-refractivity contribution is 5.77. The smallest absolute Gasteiger partial charge is 0.245 e. The minimum atomic E-state index is -0.0888. The summed E-state index contributed by atoms with van der Waals surface area (Å²) in [5, 5.41) is 11.1. The molecule has 1 aliphatic rings. The van der Waals surface area contributed by atoms with Gasteiger partial charge in [-0.3, -0.25) is 9.20 Å². The molecule has 0 aliphatic carbocycles. The van der Waals surface area contributed by atoms with Crippen LogP contribution in [0.15, 0.2) is 24.4 Å². The summed E-state index contributed by atoms with van der Waals surface area (Å²) in [5.74, 6) is 0.818. The summed E-state index contributed by atoms with van der Waals surface area (Å²) in [6.07, 6.45) is 5.78. The van der Waals surface area contributed by atoms with E-state index in [4.69, 9.17) is 9.47 Å². The van der Waals surface area contributed by atoms with E-state index in [2.05, 4.69) is 15.5 Å². The molecule has 7 heteroatoms. The Morgan fingerprint density at radius 3 is 3.26 bits per heavy atom. The lowest BCUT2D eigenvalue weighted by atomic mass is 10.2. The van der Waals surface area contributed by atoms with Crippen molar-refractivity contribution in [3.05, 3.63) is 30.2 Å². The standard InChI is InChI=1S/C16H22N4O3/c21-16(12-22-11-13-5-4-10-23-13)17-8-3-7-15-19-18-14-6-1-2-9-20(14)15/h1-2,6,9,13H,3-5,7-8,10-12H2,(H,17,21)/t13-/m1/s1. The molecule has 3 rings (SSSR count). The van der Waals surface area contributed by atoms with Gasteiger partial charge in [-0.05, 0) is 31.4 Å². The molecule has 0 radical (unpaired) electrons. The van der Waals surface area contributed by atoms with Gasteiger partial charge in [-0.15, -0.1) is 10.2 Å². The molecule has 1 N–H and O–H groups in total. The molecule has 0 unspecified atom stereocenters. The van der Waals surface area contributed by atoms with Gasteiger partial charge in [0.25, 0.3) is 0 Å². The first kappa shape index (κ1) is 15.9. The lowest BCUT2D eigenvalue weighted by molar-refractivity contribution is -0.126. The van der Waals surface area contributed by atoms with E-state index in [-0.39, 0.29) is 18.6 Å². The van der Waals surface area contributed by atoms with Crippen LogP contribution in [0.25, 0.3) is 5.65 Å². The van der Waals surface area contributed by atoms with E-state index in [1.807, 2.05) is 28.8 Å². The van der Waals surface area contributed by atoms with Crippen LogP contribution in [-0.2, 0) is 20.7 Å². The number of ether oxygens (including phenoxy) is 2. The zero-order chi connectivity index (χ0) is 15.9. The Bertz CT molecular complexity index is 637. The quantitative estimate of drug-likeness (QED) is 0.734. The van der Waals surface area contributed by atoms with Gasteiger partial charge in [0, 0.05) is 25.8 Å². The third-order valence-corrected chi connectivity index (χ3v) is 3.84. The number of amides is 1. The molecule has 1 aliphatic heterocycles. The highest BCUT2D eigenvalue weighted by atomic mass is 16.5. The van der Waals surface area contributed by atoms with Crippen LogP contribution in [0.1, 0.15) is 25.1 Å². The minimum absolute atomic E-state index is 0.0888. The van der Waals surface area contributed by atoms with Gasteiger partial charge in [0.1, 0.15) is 12.4 Å². The van der Waals surface area contributed by atoms with Gasteiger partial charge in [-0.1, -0.05) is 6.07 Å². The second-order valence-electron chi connectivity index (χ2n) is 5.65. The summed E-state index contributed by atoms with van der Waals surface area (Å²) in [5.41, 5.74) is 0.842. The largest absolute Gasteiger partial charge is 0.376 e. The average Bonchev–Trinajstić information content (AvgIpc) is 3.21. The van der Waals surface area contributed by atoms with Gasteiger partial charge < -0.3 is 14.8 Å². The molecule has 2 aromatic heterocycles. The maximum atomic E-state index is 11.7. The van der Waals surface area contributed by atoms with E-state index in [9.17, 15) is 4.79 Å². The van der Waals surface area contributed by atoms with Crippen LogP contribution in [-0.4, -0.2) is 53.0 Å². The highest BCUT2D eigenvalue weighted by Crippen LogP contribution is 2.11. The zero-order valence-corrected chi connectivity index (χ0v) is 13.1. The Kier molecular flexibility index (Phi) is 5.55. The lowest BCUT2D eigenvalue weighted by Crippen LogP contribution is -2.30. The maximum Gasteiger partial charge on any atom is 0.245 e. The third kappa shape index (κ3) is 4.49. The van der Waals surface area contributed by atoms with E-state index in [0.29, 0.717) is 13.2 Å². The van der Waals surface area contributed by atoms with Crippen molar-refractivity contribution in [2.75, 3.05) is 26.4 Å². The first-order chi connectivity index (χ1) is 11.3. The Morgan fingerprint density at radius 2 is 2.39 bits per heavy atom. The van der Waals surface area contributed by atoms with Gasteiger partial charge in [0.15, 0.2) is 5.65 Å². The van der Waals surface area contributed by atoms with Gasteiger partial charge in [0.2, 0.25) is 5.91 Å². The van der Waals surface area contributed by atoms with Crippen molar-refractivity contribution < 1.29 is 14.3 Å². The highest BCUT2D eigenvalue weighted by Gasteiger charge is 2.15. The number of aromatic nitrogens is 3. The number of carbonyl (C=O) groups excluding carboxylic acids is 1. The number of fused-ring (bicyclic) bond motifs is 1. The van der Waals surface area contributed by atoms with E-state index >= 15 is 0 Å². The number of hydrogen-bond acceptors (Lipinski definition) is 5. The van der Waals surface area contributed by atoms with Crippen molar-refractivity contribution in [2.24, 2.45) is 0 Å². The number of nitrogens with zero attached hydrogens (tertiary/aromatic N) is 3. The maximum absolute atomic E-state index is 11.7. The molecule has 1 saturated heterocycles. The van der Waals surface area contributed by atoms with Gasteiger partial charge in [-0.2, -0.15) is 0 Å². The van der Waals surface area contributed by atoms with Crippen LogP contribution in [0.3, 0.4) is 0 Å². The van der Waals surface area contributed by atoms with Crippen molar-refractivity contribution in [1.82, 2.24) is 19.9 Å². The molecule has 0 spiro atoms. The van der Waals surface area contributed by atoms with Crippen LogP contribution in [0, 0.1) is 0 Å². The predicted octanol–water partition coefficient (Wildman–Crippen LogP) is 0.974. The molecule has 1 atom stereocenters. The van der Waals surface area contributed by atoms with Gasteiger partial charge in [-0.25, -0.2) is 0 Å². The minimum Gasteiger partial charge on any atom is -0.376 e. The lowest BCUT2D eigenvalue weighted by Gasteiger charge is -2.10. The fraction of sp³-hybridized carbons (Fsp3) is 0.562. The number of aryl methyl sites for hydroxylation is 1. The summed E-state index contributed by atoms with van der Waals surface area (Å²) in [4.78, 5) is 11.7. The predicted molar refractivity (Wildman–Crippen MR) is 84.1 cm³/mol. The van der Waals surface area contributed by atoms with Crippen molar-refractivity contribution in [1.29, 1.82) is 0 Å². The number of pyridine rings is 1. The van der Waals surface area contributed by atoms with E-state index in [1.165, 1.54) is 0 Å². The molecule has 1 amide bonds. The first-order valence-corrected chi connectivity index (χ1v) is 8.07. The molecule has 23 heavy (non-hydrogen) atoms. The summed E-state index contributed by atoms with van der Waals surface area (Å²) >= 11 is 0. The number of rotatable bonds is 8. The molecular weight excluding hydrogens is 296 g/mol. The van der Waals surface area contributed by atoms with Crippen molar-refractivity contribution in [2.45, 2.75) is 31.8 Å². The molecule has 0 bridgehead atoms. The van der Waals surface area contributed by atoms with Crippen LogP contribution in [0.5, 0.6) is 0 Å². The van der Waals surface area contributed by atoms with E-state index in [0.717, 1.165) is 43.8 Å². The van der Waals surface area contributed by atoms with Crippen LogP contribution in [0.4, 0.5) is 0 Å². The van der Waals surface area contributed by atoms with Gasteiger partial charge in [0.05, 0.1) is 12.7 Å². The van der Waals surface area contributed by atoms with E-state index in [1.54, 1.807) is 0 Å². The van der Waals surface area contributed by atoms with E-state index < -0.39 is 0 Å². The normalized spacial score (nSPS) is 17.7. The molecular formula is C16H22N4O3. The number of nitrogens with one attached hydrogen (secondary N) is 1. The third-order valence-electron chi connectivity index (χ3n) is 3.84. The summed E-state index contributed by atoms with van der Waals surface area (Å²) in [6.45, 7) is 1.99. The average molecular weight is 318 g/mol. The van der Waals surface area contributed by atoms with Crippen molar-refractivity contribution in [3.8, 4) is 0 Å². The Morgan fingerprint density at radius 1 is 1.43 bits per heavy atom. The molecule has 0 saturated carbocycles. The molecule has 3 heterocycles. The SMILES string of the molecule is O=C(COC[C@H]1CCCO1)NCCCc1nnc2ccccn12. The van der Waals surface area contributed by atoms with Crippen LogP contribution >= 0.6 is 0 Å². The number of hydrogen-bond donors (Lipinski definition) is 1. The van der Waals surface area contributed by atoms with Crippen LogP contribution in [0.2, 0.25) is 0 Å². The topological polar surface area (TPSA) is 77.8 Å². The second kappa shape index (κ2) is 8.03. The Labute approximate surface area is 135 Å². The Balaban J connectivity index is 1.31. The fourth-order valence-corrected chi connectivity index (χ4v) is 2.65. The molecule has 1 fully saturated rings. The second-order valence-corrected chi connectivity index (χ2v) is 5.65. The molecule has 7 nitrogen and oxygen atoms in total. The fourth-order valence-electron chi connectivity index (χ4n) is 2.65. The van der Waals surface area contributed by atoms with Gasteiger partial charge >= 0.3 is 0 Å². The van der Waals surface area contributed by atoms with Crippen LogP contribution < -0.4 is 5.32 Å². The molecule has 124 valence electrons. The molecule has 2 aromatic rings. The van der Waals surface area contributed by atoms with Crippen molar-refractivity contribution >= 4 is 11.6 Å². The Hall–Kier alpha value is -1.99. The number of carbonyl (C=O) groups is 1. The zero-order valence-electron chi connectivity index (χ0n) is 13.1. The monoisotopic (exact) mass is 318 g/mol. The molecule has 0 aromatic carbocycles.